The SMILES string of the molecule is Cc1cc(=O)c(O)c(C2(CC(=O)N[C@@H](CO)Cc3ccccc3)CCN(Cc3ccccc3)CC2)o1. The Labute approximate surface area is 211 Å². The predicted octanol–water partition coefficient (Wildman–Crippen LogP) is 3.30. The Morgan fingerprint density at radius 2 is 1.67 bits per heavy atom. The van der Waals surface area contributed by atoms with E-state index in [-0.39, 0.29) is 24.7 Å². The molecule has 7 heteroatoms. The van der Waals surface area contributed by atoms with Crippen molar-refractivity contribution in [1.29, 1.82) is 0 Å². The van der Waals surface area contributed by atoms with Crippen LogP contribution in [0.2, 0.25) is 0 Å². The highest BCUT2D eigenvalue weighted by molar-refractivity contribution is 5.78. The number of nitrogens with zero attached hydrogens (tertiary/aromatic N) is 1. The van der Waals surface area contributed by atoms with Crippen LogP contribution in [-0.2, 0) is 23.2 Å². The second-order valence-corrected chi connectivity index (χ2v) is 9.75. The molecule has 3 aromatic rings. The van der Waals surface area contributed by atoms with E-state index in [1.165, 1.54) is 11.6 Å². The fraction of sp³-hybridized carbons (Fsp3) is 0.379. The summed E-state index contributed by atoms with van der Waals surface area (Å²) in [7, 11) is 0. The van der Waals surface area contributed by atoms with E-state index >= 15 is 0 Å². The smallest absolute Gasteiger partial charge is 0.227 e. The van der Waals surface area contributed by atoms with Crippen molar-refractivity contribution in [2.45, 2.75) is 50.6 Å². The summed E-state index contributed by atoms with van der Waals surface area (Å²) in [6, 6.07) is 20.7. The third-order valence-electron chi connectivity index (χ3n) is 7.00. The van der Waals surface area contributed by atoms with Crippen molar-refractivity contribution < 1.29 is 19.4 Å². The number of hydrogen-bond acceptors (Lipinski definition) is 6. The van der Waals surface area contributed by atoms with Gasteiger partial charge in [-0.05, 0) is 50.4 Å². The number of aryl methyl sites for hydroxylation is 1. The largest absolute Gasteiger partial charge is 0.502 e. The quantitative estimate of drug-likeness (QED) is 0.425. The van der Waals surface area contributed by atoms with Crippen LogP contribution in [0.1, 0.15) is 41.9 Å². The van der Waals surface area contributed by atoms with Gasteiger partial charge in [0, 0.05) is 24.4 Å². The van der Waals surface area contributed by atoms with Crippen molar-refractivity contribution in [3.63, 3.8) is 0 Å². The Bertz CT molecular complexity index is 1200. The number of carbonyl (C=O) groups is 1. The molecule has 2 heterocycles. The van der Waals surface area contributed by atoms with Gasteiger partial charge in [0.15, 0.2) is 5.76 Å². The zero-order valence-corrected chi connectivity index (χ0v) is 20.7. The Balaban J connectivity index is 1.53. The molecular formula is C29H34N2O5. The summed E-state index contributed by atoms with van der Waals surface area (Å²) >= 11 is 0. The van der Waals surface area contributed by atoms with Gasteiger partial charge in [0.25, 0.3) is 0 Å². The van der Waals surface area contributed by atoms with Gasteiger partial charge in [0.1, 0.15) is 5.76 Å². The highest BCUT2D eigenvalue weighted by Gasteiger charge is 2.43. The van der Waals surface area contributed by atoms with E-state index in [9.17, 15) is 19.8 Å². The zero-order chi connectivity index (χ0) is 25.5. The van der Waals surface area contributed by atoms with Gasteiger partial charge in [0.2, 0.25) is 17.1 Å². The van der Waals surface area contributed by atoms with Crippen LogP contribution in [0.5, 0.6) is 5.75 Å². The fourth-order valence-corrected chi connectivity index (χ4v) is 5.07. The molecule has 1 fully saturated rings. The lowest BCUT2D eigenvalue weighted by Gasteiger charge is -2.41. The Kier molecular flexibility index (Phi) is 8.23. The monoisotopic (exact) mass is 490 g/mol. The normalized spacial score (nSPS) is 16.4. The van der Waals surface area contributed by atoms with Crippen molar-refractivity contribution in [1.82, 2.24) is 10.2 Å². The van der Waals surface area contributed by atoms with Crippen LogP contribution in [0, 0.1) is 6.92 Å². The zero-order valence-electron chi connectivity index (χ0n) is 20.7. The first kappa shape index (κ1) is 25.7. The number of hydrogen-bond donors (Lipinski definition) is 3. The van der Waals surface area contributed by atoms with E-state index in [1.807, 2.05) is 48.5 Å². The molecule has 1 saturated heterocycles. The van der Waals surface area contributed by atoms with Gasteiger partial charge in [-0.3, -0.25) is 14.5 Å². The molecule has 1 atom stereocenters. The number of piperidine rings is 1. The number of benzene rings is 2. The highest BCUT2D eigenvalue weighted by Crippen LogP contribution is 2.42. The molecule has 0 radical (unpaired) electrons. The van der Waals surface area contributed by atoms with Crippen LogP contribution in [-0.4, -0.2) is 46.8 Å². The van der Waals surface area contributed by atoms with Gasteiger partial charge in [-0.1, -0.05) is 60.7 Å². The van der Waals surface area contributed by atoms with Crippen LogP contribution in [0.15, 0.2) is 75.9 Å². The topological polar surface area (TPSA) is 103 Å². The van der Waals surface area contributed by atoms with E-state index in [2.05, 4.69) is 22.3 Å². The summed E-state index contributed by atoms with van der Waals surface area (Å²) in [6.45, 7) is 3.64. The molecule has 0 aliphatic carbocycles. The summed E-state index contributed by atoms with van der Waals surface area (Å²) in [5, 5.41) is 23.5. The molecule has 1 aliphatic rings. The number of likely N-dealkylation sites (tertiary alicyclic amines) is 1. The van der Waals surface area contributed by atoms with Crippen LogP contribution >= 0.6 is 0 Å². The molecule has 1 amide bonds. The molecule has 4 rings (SSSR count). The molecule has 1 aliphatic heterocycles. The minimum atomic E-state index is -0.820. The first-order chi connectivity index (χ1) is 17.4. The minimum absolute atomic E-state index is 0.0530. The summed E-state index contributed by atoms with van der Waals surface area (Å²) in [6.07, 6.45) is 1.66. The number of aliphatic hydroxyl groups excluding tert-OH is 1. The van der Waals surface area contributed by atoms with Crippen LogP contribution in [0.3, 0.4) is 0 Å². The highest BCUT2D eigenvalue weighted by atomic mass is 16.4. The summed E-state index contributed by atoms with van der Waals surface area (Å²) < 4.78 is 5.92. The van der Waals surface area contributed by atoms with Crippen molar-refractivity contribution in [3.8, 4) is 5.75 Å². The lowest BCUT2D eigenvalue weighted by atomic mass is 9.72. The maximum Gasteiger partial charge on any atom is 0.227 e. The summed E-state index contributed by atoms with van der Waals surface area (Å²) in [5.41, 5.74) is 0.902. The summed E-state index contributed by atoms with van der Waals surface area (Å²) in [5.74, 6) is -0.0832. The maximum absolute atomic E-state index is 13.3. The third-order valence-corrected chi connectivity index (χ3v) is 7.00. The number of aliphatic hydroxyl groups is 1. The second kappa shape index (κ2) is 11.5. The third kappa shape index (κ3) is 6.22. The van der Waals surface area contributed by atoms with Crippen molar-refractivity contribution in [3.05, 3.63) is 99.6 Å². The maximum atomic E-state index is 13.3. The number of nitrogens with one attached hydrogen (secondary N) is 1. The van der Waals surface area contributed by atoms with Crippen molar-refractivity contribution in [2.75, 3.05) is 19.7 Å². The van der Waals surface area contributed by atoms with Crippen molar-refractivity contribution >= 4 is 5.91 Å². The predicted molar refractivity (Wildman–Crippen MR) is 138 cm³/mol. The Hall–Kier alpha value is -3.42. The van der Waals surface area contributed by atoms with E-state index < -0.39 is 22.6 Å². The average molecular weight is 491 g/mol. The van der Waals surface area contributed by atoms with Gasteiger partial charge in [0.05, 0.1) is 12.6 Å². The van der Waals surface area contributed by atoms with Crippen LogP contribution in [0.4, 0.5) is 0 Å². The Morgan fingerprint density at radius 3 is 2.28 bits per heavy atom. The first-order valence-electron chi connectivity index (χ1n) is 12.4. The molecule has 7 nitrogen and oxygen atoms in total. The standard InChI is InChI=1S/C29H34N2O5/c1-21-16-25(33)27(35)28(36-21)29(12-14-31(15-13-29)19-23-10-6-3-7-11-23)18-26(34)30-24(20-32)17-22-8-4-2-5-9-22/h2-11,16,24,32,35H,12-15,17-20H2,1H3,(H,30,34)/t24-/m1/s1. The molecule has 190 valence electrons. The Morgan fingerprint density at radius 1 is 1.06 bits per heavy atom. The molecule has 0 saturated carbocycles. The molecular weight excluding hydrogens is 456 g/mol. The lowest BCUT2D eigenvalue weighted by molar-refractivity contribution is -0.124. The first-order valence-corrected chi connectivity index (χ1v) is 12.4. The summed E-state index contributed by atoms with van der Waals surface area (Å²) in [4.78, 5) is 28.0. The van der Waals surface area contributed by atoms with Gasteiger partial charge in [-0.25, -0.2) is 0 Å². The second-order valence-electron chi connectivity index (χ2n) is 9.75. The molecule has 1 aromatic heterocycles. The minimum Gasteiger partial charge on any atom is -0.502 e. The van der Waals surface area contributed by atoms with E-state index in [0.29, 0.717) is 38.1 Å². The number of carbonyl (C=O) groups excluding carboxylic acids is 1. The number of amides is 1. The number of rotatable bonds is 9. The van der Waals surface area contributed by atoms with Crippen molar-refractivity contribution in [2.24, 2.45) is 0 Å². The molecule has 0 bridgehead atoms. The van der Waals surface area contributed by atoms with E-state index in [0.717, 1.165) is 12.1 Å². The van der Waals surface area contributed by atoms with Crippen LogP contribution < -0.4 is 10.7 Å². The molecule has 0 unspecified atom stereocenters. The average Bonchev–Trinajstić information content (AvgIpc) is 2.88. The van der Waals surface area contributed by atoms with Gasteiger partial charge in [-0.2, -0.15) is 0 Å². The molecule has 3 N–H and O–H groups in total. The fourth-order valence-electron chi connectivity index (χ4n) is 5.07. The molecule has 2 aromatic carbocycles. The van der Waals surface area contributed by atoms with Gasteiger partial charge >= 0.3 is 0 Å². The lowest BCUT2D eigenvalue weighted by Crippen LogP contribution is -2.47. The number of aromatic hydroxyl groups is 1. The van der Waals surface area contributed by atoms with Gasteiger partial charge in [-0.15, -0.1) is 0 Å². The molecule has 36 heavy (non-hydrogen) atoms. The van der Waals surface area contributed by atoms with E-state index in [1.54, 1.807) is 6.92 Å². The molecule has 0 spiro atoms. The van der Waals surface area contributed by atoms with Gasteiger partial charge < -0.3 is 19.9 Å². The van der Waals surface area contributed by atoms with Crippen LogP contribution in [0.25, 0.3) is 0 Å². The van der Waals surface area contributed by atoms with E-state index in [4.69, 9.17) is 4.42 Å².